The van der Waals surface area contributed by atoms with E-state index in [1.54, 1.807) is 18.2 Å². The number of aliphatic imine (C=N–C) groups is 1. The lowest BCUT2D eigenvalue weighted by molar-refractivity contribution is -0.143. The summed E-state index contributed by atoms with van der Waals surface area (Å²) in [6.07, 6.45) is -7.39. The Hall–Kier alpha value is -3.96. The maximum Gasteiger partial charge on any atom is 0.422 e. The third-order valence-corrected chi connectivity index (χ3v) is 5.03. The van der Waals surface area contributed by atoms with Gasteiger partial charge in [-0.25, -0.2) is 9.36 Å². The summed E-state index contributed by atoms with van der Waals surface area (Å²) >= 11 is 0. The van der Waals surface area contributed by atoms with Gasteiger partial charge in [0, 0.05) is 17.4 Å². The fraction of sp³-hybridized carbons (Fsp3) is 0.182. The number of halogens is 6. The predicted molar refractivity (Wildman–Crippen MR) is 109 cm³/mol. The van der Waals surface area contributed by atoms with E-state index < -0.39 is 47.2 Å². The van der Waals surface area contributed by atoms with Gasteiger partial charge in [-0.15, -0.1) is 0 Å². The first-order valence-corrected chi connectivity index (χ1v) is 9.52. The van der Waals surface area contributed by atoms with Crippen molar-refractivity contribution in [2.45, 2.75) is 18.9 Å². The van der Waals surface area contributed by atoms with Gasteiger partial charge in [-0.3, -0.25) is 4.99 Å². The normalized spacial score (nSPS) is 14.6. The molecular weight excluding hydrogens is 470 g/mol. The second kappa shape index (κ2) is 8.12. The molecule has 1 aliphatic heterocycles. The third kappa shape index (κ3) is 4.43. The number of fused-ring (bicyclic) bond motifs is 1. The number of aromatic nitrogens is 1. The van der Waals surface area contributed by atoms with Gasteiger partial charge >= 0.3 is 18.1 Å². The molecule has 0 amide bonds. The fourth-order valence-corrected chi connectivity index (χ4v) is 3.39. The maximum absolute atomic E-state index is 13.1. The number of rotatable bonds is 4. The van der Waals surface area contributed by atoms with E-state index in [-0.39, 0.29) is 11.8 Å². The van der Waals surface area contributed by atoms with Gasteiger partial charge in [0.25, 0.3) is 0 Å². The topological polar surface area (TPSA) is 77.0 Å². The first-order chi connectivity index (χ1) is 15.9. The molecule has 0 spiro atoms. The number of oxazole rings is 1. The summed E-state index contributed by atoms with van der Waals surface area (Å²) in [7, 11) is 1.46. The first-order valence-electron chi connectivity index (χ1n) is 9.52. The molecule has 6 nitrogen and oxygen atoms in total. The second-order valence-electron chi connectivity index (χ2n) is 7.30. The van der Waals surface area contributed by atoms with Crippen LogP contribution in [0, 0.1) is 0 Å². The monoisotopic (exact) mass is 484 g/mol. The number of hydrogen-bond donors (Lipinski definition) is 1. The average molecular weight is 484 g/mol. The highest BCUT2D eigenvalue weighted by molar-refractivity contribution is 6.21. The summed E-state index contributed by atoms with van der Waals surface area (Å²) in [4.78, 5) is 16.4. The van der Waals surface area contributed by atoms with E-state index in [9.17, 15) is 36.2 Å². The molecule has 1 N–H and O–H groups in total. The summed E-state index contributed by atoms with van der Waals surface area (Å²) in [5.41, 5.74) is -1.97. The van der Waals surface area contributed by atoms with Crippen LogP contribution in [0.15, 0.2) is 50.6 Å². The summed E-state index contributed by atoms with van der Waals surface area (Å²) in [6.45, 7) is -0.789. The Bertz CT molecular complexity index is 1350. The van der Waals surface area contributed by atoms with E-state index in [1.165, 1.54) is 19.4 Å². The molecule has 0 radical (unpaired) electrons. The van der Waals surface area contributed by atoms with Crippen LogP contribution in [0.3, 0.4) is 0 Å². The zero-order valence-electron chi connectivity index (χ0n) is 17.2. The highest BCUT2D eigenvalue weighted by Crippen LogP contribution is 2.38. The van der Waals surface area contributed by atoms with Crippen molar-refractivity contribution in [2.24, 2.45) is 4.99 Å². The van der Waals surface area contributed by atoms with Crippen LogP contribution < -0.4 is 10.5 Å². The average Bonchev–Trinajstić information content (AvgIpc) is 3.27. The van der Waals surface area contributed by atoms with Crippen LogP contribution >= 0.6 is 0 Å². The van der Waals surface area contributed by atoms with E-state index in [0.29, 0.717) is 39.3 Å². The molecule has 2 heterocycles. The number of hydrogen-bond acceptors (Lipinski definition) is 5. The van der Waals surface area contributed by atoms with Crippen LogP contribution in [0.5, 0.6) is 11.6 Å². The molecule has 4 rings (SSSR count). The largest absolute Gasteiger partial charge is 0.497 e. The quantitative estimate of drug-likeness (QED) is 0.497. The van der Waals surface area contributed by atoms with Crippen LogP contribution in [0.25, 0.3) is 11.6 Å². The van der Waals surface area contributed by atoms with Crippen molar-refractivity contribution in [3.63, 3.8) is 0 Å². The molecule has 3 aromatic rings. The van der Waals surface area contributed by atoms with Gasteiger partial charge in [-0.1, -0.05) is 0 Å². The summed E-state index contributed by atoms with van der Waals surface area (Å²) in [5.74, 6) is -1.77. The Morgan fingerprint density at radius 2 is 1.71 bits per heavy atom. The number of alkyl halides is 6. The molecule has 0 saturated carbocycles. The lowest BCUT2D eigenvalue weighted by atomic mass is 10.0. The van der Waals surface area contributed by atoms with Crippen LogP contribution in [0.1, 0.15) is 28.0 Å². The lowest BCUT2D eigenvalue weighted by Crippen LogP contribution is -2.17. The van der Waals surface area contributed by atoms with E-state index in [2.05, 4.69) is 4.99 Å². The molecule has 0 unspecified atom stereocenters. The minimum absolute atomic E-state index is 0.0253. The van der Waals surface area contributed by atoms with Gasteiger partial charge < -0.3 is 14.3 Å². The molecule has 12 heteroatoms. The molecule has 0 aliphatic carbocycles. The van der Waals surface area contributed by atoms with Crippen LogP contribution in [-0.4, -0.2) is 23.0 Å². The molecule has 0 fully saturated rings. The number of nitrogens with zero attached hydrogens (tertiary/aromatic N) is 2. The van der Waals surface area contributed by atoms with Crippen molar-refractivity contribution in [2.75, 3.05) is 7.11 Å². The van der Waals surface area contributed by atoms with Crippen molar-refractivity contribution in [3.05, 3.63) is 75.0 Å². The Labute approximate surface area is 187 Å². The Balaban J connectivity index is 1.73. The molecule has 34 heavy (non-hydrogen) atoms. The van der Waals surface area contributed by atoms with Crippen molar-refractivity contribution in [1.29, 1.82) is 0 Å². The third-order valence-electron chi connectivity index (χ3n) is 5.03. The summed E-state index contributed by atoms with van der Waals surface area (Å²) in [6, 6.07) is 5.93. The van der Waals surface area contributed by atoms with Crippen molar-refractivity contribution < 1.29 is 40.6 Å². The molecule has 0 saturated heterocycles. The molecule has 2 aromatic carbocycles. The zero-order valence-corrected chi connectivity index (χ0v) is 17.2. The van der Waals surface area contributed by atoms with Gasteiger partial charge in [0.05, 0.1) is 30.5 Å². The molecular formula is C22H14F6N2O4. The Morgan fingerprint density at radius 1 is 1.06 bits per heavy atom. The van der Waals surface area contributed by atoms with Gasteiger partial charge in [-0.2, -0.15) is 26.3 Å². The highest BCUT2D eigenvalue weighted by atomic mass is 19.4. The molecule has 1 aromatic heterocycles. The number of ether oxygens (including phenoxy) is 1. The smallest absolute Gasteiger partial charge is 0.422 e. The summed E-state index contributed by atoms with van der Waals surface area (Å²) in [5, 5.41) is 10.4. The van der Waals surface area contributed by atoms with Crippen LogP contribution in [-0.2, 0) is 18.9 Å². The maximum atomic E-state index is 13.1. The fourth-order valence-electron chi connectivity index (χ4n) is 3.39. The van der Waals surface area contributed by atoms with Gasteiger partial charge in [0.1, 0.15) is 5.75 Å². The summed E-state index contributed by atoms with van der Waals surface area (Å²) < 4.78 is 89.3. The predicted octanol–water partition coefficient (Wildman–Crippen LogP) is 5.50. The molecule has 1 aliphatic rings. The van der Waals surface area contributed by atoms with Gasteiger partial charge in [0.2, 0.25) is 5.88 Å². The number of methoxy groups -OCH3 is 1. The van der Waals surface area contributed by atoms with E-state index in [0.717, 1.165) is 0 Å². The van der Waals surface area contributed by atoms with Crippen molar-refractivity contribution in [3.8, 4) is 11.6 Å². The molecule has 0 atom stereocenters. The zero-order chi connectivity index (χ0) is 24.8. The highest BCUT2D eigenvalue weighted by Gasteiger charge is 2.37. The van der Waals surface area contributed by atoms with Gasteiger partial charge in [0.15, 0.2) is 5.76 Å². The number of aromatic hydroxyl groups is 1. The van der Waals surface area contributed by atoms with E-state index in [4.69, 9.17) is 9.15 Å². The molecule has 178 valence electrons. The van der Waals surface area contributed by atoms with E-state index in [1.807, 2.05) is 0 Å². The Kier molecular flexibility index (Phi) is 5.54. The van der Waals surface area contributed by atoms with Crippen molar-refractivity contribution >= 4 is 23.6 Å². The lowest BCUT2D eigenvalue weighted by Gasteiger charge is -2.14. The first kappa shape index (κ1) is 23.2. The minimum atomic E-state index is -5.05. The Morgan fingerprint density at radius 3 is 2.29 bits per heavy atom. The van der Waals surface area contributed by atoms with Crippen LogP contribution in [0.2, 0.25) is 0 Å². The van der Waals surface area contributed by atoms with Crippen LogP contribution in [0.4, 0.5) is 32.0 Å². The SMILES string of the molecule is COc1ccc2c(c1)/C(=C/c1oc(=O)n(Cc3cc(C(F)(F)F)cc(C(F)(F)F)c3)c1O)C=N2. The molecule has 0 bridgehead atoms. The number of allylic oxidation sites excluding steroid dienone is 1. The standard InChI is InChI=1S/C22H14F6N2O4/c1-33-15-2-3-17-16(8-15)12(9-29-17)6-18-19(31)30(20(32)34-18)10-11-4-13(21(23,24)25)7-14(5-11)22(26,27)28/h2-9,31H,10H2,1H3/b12-6+. The number of benzene rings is 2. The minimum Gasteiger partial charge on any atom is -0.497 e. The van der Waals surface area contributed by atoms with Crippen molar-refractivity contribution in [1.82, 2.24) is 4.57 Å². The van der Waals surface area contributed by atoms with Gasteiger partial charge in [-0.05, 0) is 48.0 Å². The van der Waals surface area contributed by atoms with E-state index >= 15 is 0 Å². The second-order valence-corrected chi connectivity index (χ2v) is 7.30.